The summed E-state index contributed by atoms with van der Waals surface area (Å²) in [5, 5.41) is 0. The fraction of sp³-hybridized carbons (Fsp3) is 0.231. The van der Waals surface area contributed by atoms with Crippen molar-refractivity contribution in [2.24, 2.45) is 0 Å². The first-order valence-electron chi connectivity index (χ1n) is 5.67. The maximum Gasteiger partial charge on any atom is 0.317 e. The molecule has 2 aromatic rings. The number of aromatic nitrogens is 2. The van der Waals surface area contributed by atoms with Crippen molar-refractivity contribution in [1.29, 1.82) is 0 Å². The molecule has 0 spiro atoms. The highest BCUT2D eigenvalue weighted by Crippen LogP contribution is 2.26. The summed E-state index contributed by atoms with van der Waals surface area (Å²) in [4.78, 5) is 8.48. The smallest absolute Gasteiger partial charge is 0.317 e. The van der Waals surface area contributed by atoms with Crippen LogP contribution in [0.5, 0.6) is 6.01 Å². The molecule has 3 rings (SSSR count). The van der Waals surface area contributed by atoms with Gasteiger partial charge in [0, 0.05) is 17.4 Å². The van der Waals surface area contributed by atoms with Gasteiger partial charge in [-0.2, -0.15) is 4.98 Å². The topological polar surface area (TPSA) is 61.0 Å². The Bertz CT molecular complexity index is 538. The van der Waals surface area contributed by atoms with E-state index in [0.717, 1.165) is 29.8 Å². The van der Waals surface area contributed by atoms with Gasteiger partial charge in [0.25, 0.3) is 0 Å². The number of nitrogen functional groups attached to an aromatic ring is 1. The predicted molar refractivity (Wildman–Crippen MR) is 65.5 cm³/mol. The van der Waals surface area contributed by atoms with Gasteiger partial charge in [-0.15, -0.1) is 0 Å². The highest BCUT2D eigenvalue weighted by atomic mass is 16.5. The molecular formula is C13H13N3O. The van der Waals surface area contributed by atoms with E-state index >= 15 is 0 Å². The SMILES string of the molecule is Nc1cccc(-c2ccnc(OC3CC3)n2)c1. The molecule has 0 unspecified atom stereocenters. The van der Waals surface area contributed by atoms with Gasteiger partial charge in [0.05, 0.1) is 5.69 Å². The Morgan fingerprint density at radius 1 is 1.24 bits per heavy atom. The standard InChI is InChI=1S/C13H13N3O/c14-10-3-1-2-9(8-10)12-6-7-15-13(16-12)17-11-4-5-11/h1-3,6-8,11H,4-5,14H2. The zero-order valence-electron chi connectivity index (χ0n) is 9.34. The third-order valence-corrected chi connectivity index (χ3v) is 2.61. The van der Waals surface area contributed by atoms with Gasteiger partial charge < -0.3 is 10.5 Å². The first-order chi connectivity index (χ1) is 8.31. The zero-order chi connectivity index (χ0) is 11.7. The van der Waals surface area contributed by atoms with E-state index in [-0.39, 0.29) is 0 Å². The molecule has 0 saturated heterocycles. The van der Waals surface area contributed by atoms with Crippen molar-refractivity contribution < 1.29 is 4.74 Å². The molecule has 1 saturated carbocycles. The van der Waals surface area contributed by atoms with Gasteiger partial charge in [-0.3, -0.25) is 0 Å². The summed E-state index contributed by atoms with van der Waals surface area (Å²) in [5.41, 5.74) is 8.29. The second-order valence-electron chi connectivity index (χ2n) is 4.17. The van der Waals surface area contributed by atoms with E-state index in [4.69, 9.17) is 10.5 Å². The summed E-state index contributed by atoms with van der Waals surface area (Å²) in [6.45, 7) is 0. The fourth-order valence-electron chi connectivity index (χ4n) is 1.59. The number of nitrogens with two attached hydrogens (primary N) is 1. The molecule has 2 N–H and O–H groups in total. The first-order valence-corrected chi connectivity index (χ1v) is 5.67. The Balaban J connectivity index is 1.91. The van der Waals surface area contributed by atoms with E-state index in [1.165, 1.54) is 0 Å². The molecule has 4 heteroatoms. The van der Waals surface area contributed by atoms with Crippen LogP contribution >= 0.6 is 0 Å². The van der Waals surface area contributed by atoms with Crippen LogP contribution in [0.4, 0.5) is 5.69 Å². The number of benzene rings is 1. The lowest BCUT2D eigenvalue weighted by Crippen LogP contribution is -2.01. The molecule has 1 aromatic heterocycles. The van der Waals surface area contributed by atoms with E-state index in [0.29, 0.717) is 12.1 Å². The number of hydrogen-bond donors (Lipinski definition) is 1. The van der Waals surface area contributed by atoms with Gasteiger partial charge in [0.2, 0.25) is 0 Å². The van der Waals surface area contributed by atoms with Crippen LogP contribution in [0.3, 0.4) is 0 Å². The predicted octanol–water partition coefficient (Wildman–Crippen LogP) is 2.27. The molecule has 4 nitrogen and oxygen atoms in total. The van der Waals surface area contributed by atoms with Gasteiger partial charge in [0.15, 0.2) is 0 Å². The van der Waals surface area contributed by atoms with Crippen LogP contribution in [-0.2, 0) is 0 Å². The van der Waals surface area contributed by atoms with Gasteiger partial charge >= 0.3 is 6.01 Å². The second kappa shape index (κ2) is 4.05. The lowest BCUT2D eigenvalue weighted by Gasteiger charge is -2.05. The Morgan fingerprint density at radius 2 is 2.12 bits per heavy atom. The quantitative estimate of drug-likeness (QED) is 0.817. The van der Waals surface area contributed by atoms with Crippen LogP contribution in [-0.4, -0.2) is 16.1 Å². The highest BCUT2D eigenvalue weighted by Gasteiger charge is 2.24. The summed E-state index contributed by atoms with van der Waals surface area (Å²) in [6.07, 6.45) is 4.23. The van der Waals surface area contributed by atoms with E-state index in [1.54, 1.807) is 6.20 Å². The summed E-state index contributed by atoms with van der Waals surface area (Å²) < 4.78 is 5.56. The minimum Gasteiger partial charge on any atom is -0.460 e. The molecule has 0 amide bonds. The normalized spacial score (nSPS) is 14.6. The van der Waals surface area contributed by atoms with E-state index < -0.39 is 0 Å². The Morgan fingerprint density at radius 3 is 2.88 bits per heavy atom. The van der Waals surface area contributed by atoms with Crippen LogP contribution in [0.15, 0.2) is 36.5 Å². The zero-order valence-corrected chi connectivity index (χ0v) is 9.34. The van der Waals surface area contributed by atoms with Crippen molar-refractivity contribution in [2.75, 3.05) is 5.73 Å². The summed E-state index contributed by atoms with van der Waals surface area (Å²) in [6, 6.07) is 9.94. The fourth-order valence-corrected chi connectivity index (χ4v) is 1.59. The summed E-state index contributed by atoms with van der Waals surface area (Å²) in [7, 11) is 0. The molecule has 17 heavy (non-hydrogen) atoms. The molecule has 86 valence electrons. The third kappa shape index (κ3) is 2.36. The molecule has 0 bridgehead atoms. The Hall–Kier alpha value is -2.10. The van der Waals surface area contributed by atoms with E-state index in [9.17, 15) is 0 Å². The van der Waals surface area contributed by atoms with Crippen LogP contribution < -0.4 is 10.5 Å². The van der Waals surface area contributed by atoms with E-state index in [1.807, 2.05) is 30.3 Å². The Labute approximate surface area is 99.5 Å². The molecule has 1 aromatic carbocycles. The van der Waals surface area contributed by atoms with Crippen LogP contribution in [0.25, 0.3) is 11.3 Å². The third-order valence-electron chi connectivity index (χ3n) is 2.61. The average Bonchev–Trinajstić information content (AvgIpc) is 3.13. The lowest BCUT2D eigenvalue weighted by molar-refractivity contribution is 0.278. The summed E-state index contributed by atoms with van der Waals surface area (Å²) >= 11 is 0. The van der Waals surface area contributed by atoms with Crippen molar-refractivity contribution in [2.45, 2.75) is 18.9 Å². The second-order valence-corrected chi connectivity index (χ2v) is 4.17. The van der Waals surface area contributed by atoms with Crippen molar-refractivity contribution in [3.8, 4) is 17.3 Å². The van der Waals surface area contributed by atoms with Gasteiger partial charge in [0.1, 0.15) is 6.10 Å². The molecule has 0 radical (unpaired) electrons. The molecule has 1 aliphatic rings. The molecule has 1 aliphatic carbocycles. The number of hydrogen-bond acceptors (Lipinski definition) is 4. The molecule has 1 heterocycles. The largest absolute Gasteiger partial charge is 0.460 e. The van der Waals surface area contributed by atoms with Gasteiger partial charge in [-0.1, -0.05) is 12.1 Å². The van der Waals surface area contributed by atoms with Crippen LogP contribution in [0, 0.1) is 0 Å². The van der Waals surface area contributed by atoms with Crippen LogP contribution in [0.2, 0.25) is 0 Å². The monoisotopic (exact) mass is 227 g/mol. The first kappa shape index (κ1) is 10.1. The molecule has 0 atom stereocenters. The number of rotatable bonds is 3. The van der Waals surface area contributed by atoms with Gasteiger partial charge in [-0.25, -0.2) is 4.98 Å². The number of nitrogens with zero attached hydrogens (tertiary/aromatic N) is 2. The maximum atomic E-state index is 5.75. The minimum absolute atomic E-state index is 0.311. The van der Waals surface area contributed by atoms with Crippen LogP contribution in [0.1, 0.15) is 12.8 Å². The summed E-state index contributed by atoms with van der Waals surface area (Å²) in [5.74, 6) is 0. The van der Waals surface area contributed by atoms with Crippen molar-refractivity contribution in [1.82, 2.24) is 9.97 Å². The van der Waals surface area contributed by atoms with Crippen molar-refractivity contribution in [3.05, 3.63) is 36.5 Å². The molecule has 0 aliphatic heterocycles. The number of ether oxygens (including phenoxy) is 1. The highest BCUT2D eigenvalue weighted by molar-refractivity contribution is 5.63. The average molecular weight is 227 g/mol. The Kier molecular flexibility index (Phi) is 2.40. The van der Waals surface area contributed by atoms with E-state index in [2.05, 4.69) is 9.97 Å². The maximum absolute atomic E-state index is 5.75. The van der Waals surface area contributed by atoms with Crippen molar-refractivity contribution >= 4 is 5.69 Å². The van der Waals surface area contributed by atoms with Crippen molar-refractivity contribution in [3.63, 3.8) is 0 Å². The molecular weight excluding hydrogens is 214 g/mol. The minimum atomic E-state index is 0.311. The molecule has 1 fully saturated rings. The number of anilines is 1. The van der Waals surface area contributed by atoms with Gasteiger partial charge in [-0.05, 0) is 31.0 Å². The lowest BCUT2D eigenvalue weighted by atomic mass is 10.1.